The highest BCUT2D eigenvalue weighted by Crippen LogP contribution is 2.30. The second-order valence-electron chi connectivity index (χ2n) is 4.30. The highest BCUT2D eigenvalue weighted by molar-refractivity contribution is 7.99. The van der Waals surface area contributed by atoms with E-state index in [0.29, 0.717) is 10.2 Å². The lowest BCUT2D eigenvalue weighted by Gasteiger charge is -2.15. The van der Waals surface area contributed by atoms with Crippen LogP contribution in [0, 0.1) is 0 Å². The quantitative estimate of drug-likeness (QED) is 0.833. The number of nitrogens with zero attached hydrogens (tertiary/aromatic N) is 1. The molecule has 2 rings (SSSR count). The number of halogens is 1. The van der Waals surface area contributed by atoms with Crippen LogP contribution in [-0.2, 0) is 0 Å². The van der Waals surface area contributed by atoms with Crippen molar-refractivity contribution in [2.24, 2.45) is 0 Å². The third-order valence-electron chi connectivity index (χ3n) is 2.81. The van der Waals surface area contributed by atoms with Crippen molar-refractivity contribution in [3.05, 3.63) is 51.4 Å². The number of hydrogen-bond donors (Lipinski definition) is 2. The summed E-state index contributed by atoms with van der Waals surface area (Å²) >= 11 is 7.69. The fourth-order valence-electron chi connectivity index (χ4n) is 1.85. The Kier molecular flexibility index (Phi) is 5.23. The van der Waals surface area contributed by atoms with Gasteiger partial charge in [-0.2, -0.15) is 0 Å². The number of hydrogen-bond acceptors (Lipinski definition) is 4. The molecule has 2 aromatic rings. The summed E-state index contributed by atoms with van der Waals surface area (Å²) in [5, 5.41) is 4.59. The topological polar surface area (TPSA) is 57.8 Å². The van der Waals surface area contributed by atoms with Crippen LogP contribution in [0.25, 0.3) is 0 Å². The summed E-state index contributed by atoms with van der Waals surface area (Å²) in [4.78, 5) is 18.9. The van der Waals surface area contributed by atoms with Gasteiger partial charge in [0.25, 0.3) is 5.56 Å². The molecule has 106 valence electrons. The zero-order valence-corrected chi connectivity index (χ0v) is 12.9. The second-order valence-corrected chi connectivity index (χ2v) is 5.77. The van der Waals surface area contributed by atoms with Gasteiger partial charge in [-0.1, -0.05) is 36.4 Å². The van der Waals surface area contributed by atoms with E-state index in [9.17, 15) is 4.79 Å². The third-order valence-corrected chi connectivity index (χ3v) is 4.03. The van der Waals surface area contributed by atoms with Gasteiger partial charge in [-0.05, 0) is 31.2 Å². The van der Waals surface area contributed by atoms with E-state index < -0.39 is 0 Å². The van der Waals surface area contributed by atoms with Crippen molar-refractivity contribution >= 4 is 23.4 Å². The lowest BCUT2D eigenvalue weighted by Crippen LogP contribution is -2.17. The van der Waals surface area contributed by atoms with E-state index in [1.807, 2.05) is 18.2 Å². The number of H-pyrrole nitrogens is 1. The lowest BCUT2D eigenvalue weighted by atomic mass is 10.1. The highest BCUT2D eigenvalue weighted by atomic mass is 35.5. The summed E-state index contributed by atoms with van der Waals surface area (Å²) in [5.41, 5.74) is 0.901. The first-order valence-electron chi connectivity index (χ1n) is 6.36. The molecule has 1 aromatic carbocycles. The maximum atomic E-state index is 11.2. The minimum atomic E-state index is -0.161. The van der Waals surface area contributed by atoms with Crippen LogP contribution in [-0.4, -0.2) is 16.5 Å². The number of benzene rings is 1. The van der Waals surface area contributed by atoms with Crippen molar-refractivity contribution in [3.8, 4) is 0 Å². The van der Waals surface area contributed by atoms with Crippen molar-refractivity contribution < 1.29 is 0 Å². The molecule has 20 heavy (non-hydrogen) atoms. The monoisotopic (exact) mass is 309 g/mol. The summed E-state index contributed by atoms with van der Waals surface area (Å²) < 4.78 is 0. The van der Waals surface area contributed by atoms with E-state index in [1.165, 1.54) is 24.0 Å². The van der Waals surface area contributed by atoms with Gasteiger partial charge >= 0.3 is 0 Å². The Balaban J connectivity index is 2.19. The van der Waals surface area contributed by atoms with Crippen molar-refractivity contribution in [2.45, 2.75) is 29.9 Å². The molecular formula is C14H16ClN3OS. The first-order chi connectivity index (χ1) is 9.60. The zero-order valence-electron chi connectivity index (χ0n) is 11.3. The Morgan fingerprint density at radius 1 is 1.45 bits per heavy atom. The Hall–Kier alpha value is -1.30. The fourth-order valence-corrected chi connectivity index (χ4v) is 3.06. The zero-order chi connectivity index (χ0) is 14.5. The smallest absolute Gasteiger partial charge is 0.251 e. The number of aromatic amines is 1. The molecule has 1 unspecified atom stereocenters. The predicted octanol–water partition coefficient (Wildman–Crippen LogP) is 3.25. The molecule has 0 aliphatic heterocycles. The van der Waals surface area contributed by atoms with Crippen LogP contribution in [0.15, 0.2) is 45.3 Å². The molecule has 1 atom stereocenters. The summed E-state index contributed by atoms with van der Waals surface area (Å²) in [6.45, 7) is 5.03. The predicted molar refractivity (Wildman–Crippen MR) is 82.5 cm³/mol. The second kappa shape index (κ2) is 6.92. The van der Waals surface area contributed by atoms with Gasteiger partial charge in [-0.25, -0.2) is 4.98 Å². The van der Waals surface area contributed by atoms with Crippen molar-refractivity contribution in [2.75, 3.05) is 6.54 Å². The first-order valence-corrected chi connectivity index (χ1v) is 7.55. The SMILES string of the molecule is CCNC(C)c1ccc(Sc2nccc(=O)[nH]2)cc1Cl. The minimum absolute atomic E-state index is 0.161. The summed E-state index contributed by atoms with van der Waals surface area (Å²) in [5.74, 6) is 0. The van der Waals surface area contributed by atoms with Crippen LogP contribution in [0.4, 0.5) is 0 Å². The molecule has 0 aliphatic carbocycles. The van der Waals surface area contributed by atoms with Crippen LogP contribution in [0.2, 0.25) is 5.02 Å². The lowest BCUT2D eigenvalue weighted by molar-refractivity contribution is 0.598. The Bertz CT molecular complexity index is 644. The minimum Gasteiger partial charge on any atom is -0.310 e. The number of aromatic nitrogens is 2. The summed E-state index contributed by atoms with van der Waals surface area (Å²) in [6.07, 6.45) is 1.49. The van der Waals surface area contributed by atoms with Crippen LogP contribution in [0.3, 0.4) is 0 Å². The maximum absolute atomic E-state index is 11.2. The first kappa shape index (κ1) is 15.1. The van der Waals surface area contributed by atoms with Gasteiger partial charge in [0.05, 0.1) is 0 Å². The molecule has 1 aromatic heterocycles. The van der Waals surface area contributed by atoms with Crippen LogP contribution in [0.1, 0.15) is 25.5 Å². The molecule has 0 amide bonds. The molecule has 0 aliphatic rings. The van der Waals surface area contributed by atoms with E-state index >= 15 is 0 Å². The molecule has 4 nitrogen and oxygen atoms in total. The molecule has 0 saturated carbocycles. The van der Waals surface area contributed by atoms with Gasteiger partial charge in [0.2, 0.25) is 0 Å². The largest absolute Gasteiger partial charge is 0.310 e. The molecule has 0 spiro atoms. The molecule has 0 bridgehead atoms. The molecule has 1 heterocycles. The van der Waals surface area contributed by atoms with Gasteiger partial charge in [-0.15, -0.1) is 0 Å². The molecule has 0 fully saturated rings. The van der Waals surface area contributed by atoms with E-state index in [0.717, 1.165) is 17.0 Å². The Morgan fingerprint density at radius 3 is 2.90 bits per heavy atom. The molecular weight excluding hydrogens is 294 g/mol. The van der Waals surface area contributed by atoms with Crippen molar-refractivity contribution in [3.63, 3.8) is 0 Å². The van der Waals surface area contributed by atoms with E-state index in [-0.39, 0.29) is 11.6 Å². The maximum Gasteiger partial charge on any atom is 0.251 e. The average molecular weight is 310 g/mol. The molecule has 2 N–H and O–H groups in total. The number of nitrogens with one attached hydrogen (secondary N) is 2. The highest BCUT2D eigenvalue weighted by Gasteiger charge is 2.10. The van der Waals surface area contributed by atoms with Gasteiger partial charge in [0, 0.05) is 28.2 Å². The van der Waals surface area contributed by atoms with Gasteiger partial charge in [0.15, 0.2) is 5.16 Å². The summed E-state index contributed by atoms with van der Waals surface area (Å²) in [7, 11) is 0. The Morgan fingerprint density at radius 2 is 2.25 bits per heavy atom. The standard InChI is InChI=1S/C14H16ClN3OS/c1-3-16-9(2)11-5-4-10(8-12(11)15)20-14-17-7-6-13(19)18-14/h4-9,16H,3H2,1-2H3,(H,17,18,19). The Labute approximate surface area is 127 Å². The van der Waals surface area contributed by atoms with Gasteiger partial charge < -0.3 is 10.3 Å². The van der Waals surface area contributed by atoms with Gasteiger partial charge in [0.1, 0.15) is 0 Å². The third kappa shape index (κ3) is 3.85. The normalized spacial score (nSPS) is 12.3. The van der Waals surface area contributed by atoms with Gasteiger partial charge in [-0.3, -0.25) is 4.79 Å². The van der Waals surface area contributed by atoms with E-state index in [4.69, 9.17) is 11.6 Å². The molecule has 6 heteroatoms. The van der Waals surface area contributed by atoms with E-state index in [1.54, 1.807) is 0 Å². The molecule has 0 radical (unpaired) electrons. The average Bonchev–Trinajstić information content (AvgIpc) is 2.39. The van der Waals surface area contributed by atoms with Crippen molar-refractivity contribution in [1.82, 2.24) is 15.3 Å². The van der Waals surface area contributed by atoms with Crippen LogP contribution >= 0.6 is 23.4 Å². The summed E-state index contributed by atoms with van der Waals surface area (Å²) in [6, 6.07) is 7.47. The fraction of sp³-hybridized carbons (Fsp3) is 0.286. The molecule has 0 saturated heterocycles. The van der Waals surface area contributed by atoms with Crippen molar-refractivity contribution in [1.29, 1.82) is 0 Å². The van der Waals surface area contributed by atoms with Crippen LogP contribution < -0.4 is 10.9 Å². The van der Waals surface area contributed by atoms with E-state index in [2.05, 4.69) is 29.1 Å². The van der Waals surface area contributed by atoms with Crippen LogP contribution in [0.5, 0.6) is 0 Å². The number of rotatable bonds is 5.